The number of anilines is 1. The summed E-state index contributed by atoms with van der Waals surface area (Å²) in [6.07, 6.45) is 2.49. The lowest BCUT2D eigenvalue weighted by Gasteiger charge is -2.20. The number of ether oxygens (including phenoxy) is 2. The van der Waals surface area contributed by atoms with E-state index < -0.39 is 11.7 Å². The van der Waals surface area contributed by atoms with E-state index in [4.69, 9.17) is 9.47 Å². The monoisotopic (exact) mass is 483 g/mol. The smallest absolute Gasteiger partial charge is 0.411 e. The molecule has 5 rings (SSSR count). The lowest BCUT2D eigenvalue weighted by atomic mass is 9.98. The molecule has 5 heteroatoms. The van der Waals surface area contributed by atoms with Gasteiger partial charge in [-0.2, -0.15) is 0 Å². The fraction of sp³-hybridized carbons (Fsp3) is 0.355. The van der Waals surface area contributed by atoms with Crippen LogP contribution in [0.5, 0.6) is 0 Å². The van der Waals surface area contributed by atoms with Crippen LogP contribution in [0.25, 0.3) is 11.1 Å². The number of nitrogens with one attached hydrogen (secondary N) is 1. The van der Waals surface area contributed by atoms with Crippen molar-refractivity contribution in [2.45, 2.75) is 63.9 Å². The van der Waals surface area contributed by atoms with Crippen LogP contribution < -0.4 is 5.32 Å². The maximum Gasteiger partial charge on any atom is 0.411 e. The average molecular weight is 484 g/mol. The minimum Gasteiger partial charge on any atom is -0.460 e. The first-order valence-electron chi connectivity index (χ1n) is 12.8. The Kier molecular flexibility index (Phi) is 6.57. The molecule has 1 amide bonds. The van der Waals surface area contributed by atoms with E-state index in [0.29, 0.717) is 12.3 Å². The van der Waals surface area contributed by atoms with E-state index in [9.17, 15) is 9.59 Å². The van der Waals surface area contributed by atoms with E-state index >= 15 is 0 Å². The van der Waals surface area contributed by atoms with Gasteiger partial charge in [-0.15, -0.1) is 0 Å². The van der Waals surface area contributed by atoms with Crippen LogP contribution in [0.4, 0.5) is 10.5 Å². The van der Waals surface area contributed by atoms with E-state index in [-0.39, 0.29) is 24.9 Å². The highest BCUT2D eigenvalue weighted by molar-refractivity contribution is 5.88. The third kappa shape index (κ3) is 5.30. The van der Waals surface area contributed by atoms with Crippen LogP contribution >= 0.6 is 0 Å². The number of hydrogen-bond acceptors (Lipinski definition) is 4. The summed E-state index contributed by atoms with van der Waals surface area (Å²) in [4.78, 5) is 25.4. The van der Waals surface area contributed by atoms with E-state index in [1.165, 1.54) is 22.3 Å². The summed E-state index contributed by atoms with van der Waals surface area (Å²) in [5, 5.41) is 3.03. The number of para-hydroxylation sites is 1. The van der Waals surface area contributed by atoms with Gasteiger partial charge in [0.05, 0.1) is 5.69 Å². The van der Waals surface area contributed by atoms with Gasteiger partial charge in [-0.1, -0.05) is 66.7 Å². The van der Waals surface area contributed by atoms with Gasteiger partial charge in [0.2, 0.25) is 0 Å². The van der Waals surface area contributed by atoms with Gasteiger partial charge >= 0.3 is 12.1 Å². The molecule has 3 aromatic rings. The number of carbonyl (C=O) groups is 2. The normalized spacial score (nSPS) is 14.6. The Balaban J connectivity index is 1.29. The zero-order valence-electron chi connectivity index (χ0n) is 21.2. The van der Waals surface area contributed by atoms with Crippen molar-refractivity contribution in [1.82, 2.24) is 0 Å². The number of amides is 1. The van der Waals surface area contributed by atoms with E-state index in [1.54, 1.807) is 0 Å². The number of hydrogen-bond donors (Lipinski definition) is 1. The largest absolute Gasteiger partial charge is 0.460 e. The van der Waals surface area contributed by atoms with Crippen LogP contribution in [-0.4, -0.2) is 24.3 Å². The molecule has 1 saturated carbocycles. The topological polar surface area (TPSA) is 64.6 Å². The highest BCUT2D eigenvalue weighted by atomic mass is 16.6. The van der Waals surface area contributed by atoms with Crippen LogP contribution in [0.2, 0.25) is 0 Å². The molecule has 0 heterocycles. The van der Waals surface area contributed by atoms with E-state index in [1.807, 2.05) is 57.2 Å². The summed E-state index contributed by atoms with van der Waals surface area (Å²) >= 11 is 0. The number of benzene rings is 3. The van der Waals surface area contributed by atoms with Crippen LogP contribution in [0, 0.1) is 0 Å². The third-order valence-electron chi connectivity index (χ3n) is 6.79. The molecule has 0 unspecified atom stereocenters. The standard InChI is InChI=1S/C31H33NO4/c1-31(2,3)36-28(33)18-17-21-9-8-14-22(20-15-16-20)29(21)32-30(34)35-19-27-25-12-6-4-10-23(25)24-11-5-7-13-26(24)27/h4-14,20,27H,15-19H2,1-3H3,(H,32,34). The minimum atomic E-state index is -0.519. The molecule has 0 spiro atoms. The van der Waals surface area contributed by atoms with Crippen molar-refractivity contribution in [2.24, 2.45) is 0 Å². The maximum absolute atomic E-state index is 13.0. The fourth-order valence-electron chi connectivity index (χ4n) is 5.08. The molecule has 0 aliphatic heterocycles. The van der Waals surface area contributed by atoms with Crippen LogP contribution in [0.15, 0.2) is 66.7 Å². The van der Waals surface area contributed by atoms with Gasteiger partial charge in [0, 0.05) is 12.3 Å². The Bertz CT molecular complexity index is 1240. The van der Waals surface area contributed by atoms with Crippen molar-refractivity contribution in [1.29, 1.82) is 0 Å². The molecule has 0 bridgehead atoms. The second kappa shape index (κ2) is 9.81. The zero-order valence-corrected chi connectivity index (χ0v) is 21.2. The molecule has 0 aromatic heterocycles. The first-order chi connectivity index (χ1) is 17.3. The number of rotatable bonds is 7. The van der Waals surface area contributed by atoms with Crippen LogP contribution in [0.1, 0.15) is 74.1 Å². The molecule has 5 nitrogen and oxygen atoms in total. The Morgan fingerprint density at radius 1 is 0.861 bits per heavy atom. The van der Waals surface area contributed by atoms with Gasteiger partial charge in [0.15, 0.2) is 0 Å². The second-order valence-electron chi connectivity index (χ2n) is 10.7. The van der Waals surface area contributed by atoms with Crippen molar-refractivity contribution in [2.75, 3.05) is 11.9 Å². The van der Waals surface area contributed by atoms with Gasteiger partial charge < -0.3 is 9.47 Å². The Labute approximate surface area is 212 Å². The molecule has 1 N–H and O–H groups in total. The first kappa shape index (κ1) is 24.1. The van der Waals surface area contributed by atoms with Crippen molar-refractivity contribution in [3.05, 3.63) is 89.0 Å². The van der Waals surface area contributed by atoms with Crippen molar-refractivity contribution < 1.29 is 19.1 Å². The lowest BCUT2D eigenvalue weighted by molar-refractivity contribution is -0.154. The fourth-order valence-corrected chi connectivity index (χ4v) is 5.08. The zero-order chi connectivity index (χ0) is 25.3. The van der Waals surface area contributed by atoms with Crippen molar-refractivity contribution >= 4 is 17.7 Å². The maximum atomic E-state index is 13.0. The molecule has 0 saturated heterocycles. The van der Waals surface area contributed by atoms with Gasteiger partial charge in [-0.3, -0.25) is 10.1 Å². The van der Waals surface area contributed by atoms with Gasteiger partial charge in [0.25, 0.3) is 0 Å². The Morgan fingerprint density at radius 2 is 1.47 bits per heavy atom. The molecule has 3 aromatic carbocycles. The van der Waals surface area contributed by atoms with Crippen LogP contribution in [-0.2, 0) is 20.7 Å². The summed E-state index contributed by atoms with van der Waals surface area (Å²) in [7, 11) is 0. The Morgan fingerprint density at radius 3 is 2.08 bits per heavy atom. The SMILES string of the molecule is CC(C)(C)OC(=O)CCc1cccc(C2CC2)c1NC(=O)OCC1c2ccccc2-c2ccccc21. The molecule has 0 atom stereocenters. The quantitative estimate of drug-likeness (QED) is 0.361. The lowest BCUT2D eigenvalue weighted by Crippen LogP contribution is -2.24. The van der Waals surface area contributed by atoms with Crippen molar-refractivity contribution in [3.63, 3.8) is 0 Å². The molecular weight excluding hydrogens is 450 g/mol. The number of fused-ring (bicyclic) bond motifs is 3. The van der Waals surface area contributed by atoms with Gasteiger partial charge in [0.1, 0.15) is 12.2 Å². The summed E-state index contributed by atoms with van der Waals surface area (Å²) in [5.74, 6) is 0.204. The first-order valence-corrected chi connectivity index (χ1v) is 12.8. The van der Waals surface area contributed by atoms with Gasteiger partial charge in [-0.25, -0.2) is 4.79 Å². The molecule has 2 aliphatic rings. The predicted octanol–water partition coefficient (Wildman–Crippen LogP) is 7.20. The third-order valence-corrected chi connectivity index (χ3v) is 6.79. The average Bonchev–Trinajstić information content (AvgIpc) is 3.64. The van der Waals surface area contributed by atoms with Crippen LogP contribution in [0.3, 0.4) is 0 Å². The summed E-state index contributed by atoms with van der Waals surface area (Å²) in [6.45, 7) is 5.85. The summed E-state index contributed by atoms with van der Waals surface area (Å²) in [5.41, 5.74) is 7.07. The summed E-state index contributed by atoms with van der Waals surface area (Å²) in [6, 6.07) is 22.6. The van der Waals surface area contributed by atoms with E-state index in [2.05, 4.69) is 35.6 Å². The van der Waals surface area contributed by atoms with Gasteiger partial charge in [-0.05, 0) is 79.3 Å². The molecular formula is C31H33NO4. The molecule has 2 aliphatic carbocycles. The minimum absolute atomic E-state index is 0.00784. The van der Waals surface area contributed by atoms with Crippen molar-refractivity contribution in [3.8, 4) is 11.1 Å². The molecule has 1 fully saturated rings. The highest BCUT2D eigenvalue weighted by Crippen LogP contribution is 2.46. The second-order valence-corrected chi connectivity index (χ2v) is 10.7. The van der Waals surface area contributed by atoms with E-state index in [0.717, 1.165) is 29.7 Å². The highest BCUT2D eigenvalue weighted by Gasteiger charge is 2.31. The Hall–Kier alpha value is -3.60. The number of esters is 1. The number of aryl methyl sites for hydroxylation is 1. The molecule has 0 radical (unpaired) electrons. The molecule has 186 valence electrons. The predicted molar refractivity (Wildman–Crippen MR) is 141 cm³/mol. The summed E-state index contributed by atoms with van der Waals surface area (Å²) < 4.78 is 11.3. The molecule has 36 heavy (non-hydrogen) atoms. The number of carbonyl (C=O) groups excluding carboxylic acids is 2.